The van der Waals surface area contributed by atoms with E-state index < -0.39 is 0 Å². The van der Waals surface area contributed by atoms with Gasteiger partial charge in [-0.05, 0) is 72.3 Å². The molecule has 5 heteroatoms. The Morgan fingerprint density at radius 2 is 1.06 bits per heavy atom. The topological polar surface area (TPSA) is 57.4 Å². The molecule has 31 heavy (non-hydrogen) atoms. The number of fused-ring (bicyclic) bond motifs is 8. The summed E-state index contributed by atoms with van der Waals surface area (Å²) in [5.74, 6) is 0. The largest absolute Gasteiger partial charge is 0.355 e. The Labute approximate surface area is 189 Å². The molecule has 0 spiro atoms. The second kappa shape index (κ2) is 7.88. The third-order valence-corrected chi connectivity index (χ3v) is 5.25. The number of hydrogen-bond donors (Lipinski definition) is 2. The Balaban J connectivity index is 0.00000204. The van der Waals surface area contributed by atoms with Crippen molar-refractivity contribution < 1.29 is 17.1 Å². The normalized spacial score (nSPS) is 12.0. The minimum Gasteiger partial charge on any atom is -0.355 e. The monoisotopic (exact) mass is 442 g/mol. The minimum atomic E-state index is 0. The molecular formula is C26H18FeN4. The van der Waals surface area contributed by atoms with Gasteiger partial charge in [0.15, 0.2) is 0 Å². The summed E-state index contributed by atoms with van der Waals surface area (Å²) in [4.78, 5) is 16.5. The van der Waals surface area contributed by atoms with Crippen LogP contribution in [0.1, 0.15) is 22.8 Å². The zero-order chi connectivity index (χ0) is 19.9. The Morgan fingerprint density at radius 1 is 0.516 bits per heavy atom. The molecule has 0 unspecified atom stereocenters. The van der Waals surface area contributed by atoms with Crippen molar-refractivity contribution in [2.24, 2.45) is 0 Å². The smallest absolute Gasteiger partial charge is 0.0658 e. The molecule has 2 aliphatic rings. The number of nitrogens with one attached hydrogen (secondary N) is 2. The van der Waals surface area contributed by atoms with Gasteiger partial charge < -0.3 is 9.97 Å². The summed E-state index contributed by atoms with van der Waals surface area (Å²) in [6, 6.07) is 25.0. The first-order chi connectivity index (χ1) is 14.8. The molecule has 6 rings (SSSR count). The van der Waals surface area contributed by atoms with Crippen molar-refractivity contribution in [3.63, 3.8) is 0 Å². The number of benzene rings is 1. The van der Waals surface area contributed by atoms with Crippen molar-refractivity contribution in [1.82, 2.24) is 19.9 Å². The Kier molecular flexibility index (Phi) is 4.91. The molecule has 2 N–H and O–H groups in total. The fourth-order valence-corrected chi connectivity index (χ4v) is 3.87. The van der Waals surface area contributed by atoms with Crippen LogP contribution in [-0.2, 0) is 17.1 Å². The summed E-state index contributed by atoms with van der Waals surface area (Å²) in [5, 5.41) is 0. The van der Waals surface area contributed by atoms with Crippen LogP contribution in [0.2, 0.25) is 0 Å². The van der Waals surface area contributed by atoms with Gasteiger partial charge in [0.05, 0.1) is 22.8 Å². The van der Waals surface area contributed by atoms with Crippen LogP contribution in [0.4, 0.5) is 0 Å². The number of rotatable bonds is 1. The van der Waals surface area contributed by atoms with Crippen LogP contribution >= 0.6 is 0 Å². The summed E-state index contributed by atoms with van der Waals surface area (Å²) >= 11 is 0. The molecular weight excluding hydrogens is 424 g/mol. The molecule has 3 aromatic heterocycles. The predicted octanol–water partition coefficient (Wildman–Crippen LogP) is 6.32. The molecule has 0 amide bonds. The minimum absolute atomic E-state index is 0. The van der Waals surface area contributed by atoms with Crippen LogP contribution in [0.5, 0.6) is 0 Å². The first-order valence-electron chi connectivity index (χ1n) is 9.92. The first-order valence-corrected chi connectivity index (χ1v) is 9.92. The number of aromatic amines is 2. The molecule has 4 aromatic rings. The van der Waals surface area contributed by atoms with E-state index in [1.54, 1.807) is 0 Å². The van der Waals surface area contributed by atoms with Crippen molar-refractivity contribution >= 4 is 46.4 Å². The van der Waals surface area contributed by atoms with E-state index in [1.165, 1.54) is 5.56 Å². The molecule has 0 aliphatic carbocycles. The van der Waals surface area contributed by atoms with Crippen LogP contribution in [0.15, 0.2) is 72.8 Å². The molecule has 150 valence electrons. The molecule has 0 radical (unpaired) electrons. The van der Waals surface area contributed by atoms with E-state index in [2.05, 4.69) is 70.6 Å². The molecule has 1 aromatic carbocycles. The summed E-state index contributed by atoms with van der Waals surface area (Å²) in [6.07, 6.45) is 8.16. The summed E-state index contributed by atoms with van der Waals surface area (Å²) in [7, 11) is 0. The van der Waals surface area contributed by atoms with Crippen molar-refractivity contribution in [2.45, 2.75) is 0 Å². The van der Waals surface area contributed by atoms with Crippen molar-refractivity contribution in [2.75, 3.05) is 0 Å². The predicted molar refractivity (Wildman–Crippen MR) is 124 cm³/mol. The second-order valence-corrected chi connectivity index (χ2v) is 7.45. The molecule has 5 heterocycles. The van der Waals surface area contributed by atoms with Gasteiger partial charge in [-0.2, -0.15) is 0 Å². The van der Waals surface area contributed by atoms with Crippen LogP contribution in [0.25, 0.3) is 57.5 Å². The first kappa shape index (κ1) is 19.3. The van der Waals surface area contributed by atoms with Gasteiger partial charge in [-0.1, -0.05) is 30.3 Å². The molecule has 8 bridgehead atoms. The van der Waals surface area contributed by atoms with E-state index in [-0.39, 0.29) is 17.1 Å². The average Bonchev–Trinajstić information content (AvgIpc) is 3.53. The van der Waals surface area contributed by atoms with Gasteiger partial charge >= 0.3 is 0 Å². The third-order valence-electron chi connectivity index (χ3n) is 5.25. The number of H-pyrrole nitrogens is 2. The van der Waals surface area contributed by atoms with Crippen LogP contribution < -0.4 is 0 Å². The SMILES string of the molecule is C1=Cc2cc3cc(-c4ccccc4)c(cc4nc(cc5ccc(cc1n2)[nH]5)C=C4)[nH]3.[Fe]. The van der Waals surface area contributed by atoms with Crippen molar-refractivity contribution in [3.05, 3.63) is 95.6 Å². The summed E-state index contributed by atoms with van der Waals surface area (Å²) in [5.41, 5.74) is 10.1. The molecule has 0 atom stereocenters. The molecule has 4 nitrogen and oxygen atoms in total. The summed E-state index contributed by atoms with van der Waals surface area (Å²) in [6.45, 7) is 0. The van der Waals surface area contributed by atoms with Gasteiger partial charge in [0.25, 0.3) is 0 Å². The third kappa shape index (κ3) is 3.89. The quantitative estimate of drug-likeness (QED) is 0.293. The molecule has 0 saturated heterocycles. The van der Waals surface area contributed by atoms with Crippen molar-refractivity contribution in [3.8, 4) is 11.1 Å². The van der Waals surface area contributed by atoms with Crippen LogP contribution in [0.3, 0.4) is 0 Å². The van der Waals surface area contributed by atoms with Crippen molar-refractivity contribution in [1.29, 1.82) is 0 Å². The number of nitrogens with zero attached hydrogens (tertiary/aromatic N) is 2. The fraction of sp³-hybridized carbons (Fsp3) is 0. The van der Waals surface area contributed by atoms with E-state index in [9.17, 15) is 0 Å². The van der Waals surface area contributed by atoms with Gasteiger partial charge in [0, 0.05) is 44.7 Å². The number of aromatic nitrogens is 4. The molecule has 0 saturated carbocycles. The van der Waals surface area contributed by atoms with Gasteiger partial charge in [-0.25, -0.2) is 9.97 Å². The van der Waals surface area contributed by atoms with Crippen LogP contribution in [0, 0.1) is 0 Å². The van der Waals surface area contributed by atoms with Gasteiger partial charge in [-0.3, -0.25) is 0 Å². The van der Waals surface area contributed by atoms with Gasteiger partial charge in [0.2, 0.25) is 0 Å². The van der Waals surface area contributed by atoms with E-state index >= 15 is 0 Å². The second-order valence-electron chi connectivity index (χ2n) is 7.45. The van der Waals surface area contributed by atoms with E-state index in [4.69, 9.17) is 9.97 Å². The fourth-order valence-electron chi connectivity index (χ4n) is 3.87. The molecule has 0 fully saturated rings. The summed E-state index contributed by atoms with van der Waals surface area (Å²) < 4.78 is 0. The molecule has 2 aliphatic heterocycles. The van der Waals surface area contributed by atoms with Crippen LogP contribution in [-0.4, -0.2) is 19.9 Å². The standard InChI is InChI=1S/C26H18N4.Fe/c1-2-4-17(5-3-1)25-15-24-14-22-9-8-20(28-22)12-18-6-7-19(27-18)13-21-10-11-23(29-21)16-26(25)30-24;/h1-16,27,30H;. The Bertz CT molecular complexity index is 1490. The zero-order valence-corrected chi connectivity index (χ0v) is 17.6. The Hall–Kier alpha value is -3.66. The van der Waals surface area contributed by atoms with E-state index in [1.807, 2.05) is 36.4 Å². The van der Waals surface area contributed by atoms with E-state index in [0.29, 0.717) is 0 Å². The average molecular weight is 442 g/mol. The maximum Gasteiger partial charge on any atom is 0.0658 e. The maximum absolute atomic E-state index is 4.77. The van der Waals surface area contributed by atoms with Gasteiger partial charge in [-0.15, -0.1) is 0 Å². The van der Waals surface area contributed by atoms with Gasteiger partial charge in [0.1, 0.15) is 0 Å². The number of hydrogen-bond acceptors (Lipinski definition) is 2. The van der Waals surface area contributed by atoms with E-state index in [0.717, 1.165) is 50.4 Å². The maximum atomic E-state index is 4.77. The zero-order valence-electron chi connectivity index (χ0n) is 16.5. The Morgan fingerprint density at radius 3 is 1.68 bits per heavy atom.